The summed E-state index contributed by atoms with van der Waals surface area (Å²) in [4.78, 5) is 27.4. The van der Waals surface area contributed by atoms with Crippen LogP contribution in [0.1, 0.15) is 21.6 Å². The molecule has 0 unspecified atom stereocenters. The second-order valence-electron chi connectivity index (χ2n) is 4.69. The average Bonchev–Trinajstić information content (AvgIpc) is 2.49. The zero-order valence-electron chi connectivity index (χ0n) is 12.0. The predicted molar refractivity (Wildman–Crippen MR) is 81.1 cm³/mol. The number of hydrogen-bond donors (Lipinski definition) is 2. The molecule has 0 spiro atoms. The Hall–Kier alpha value is -2.69. The molecule has 21 heavy (non-hydrogen) atoms. The molecule has 2 N–H and O–H groups in total. The van der Waals surface area contributed by atoms with Crippen LogP contribution in [0, 0.1) is 6.92 Å². The van der Waals surface area contributed by atoms with E-state index in [0.717, 1.165) is 11.3 Å². The molecular weight excluding hydrogens is 266 g/mol. The number of benzene rings is 1. The molecule has 0 aliphatic heterocycles. The van der Waals surface area contributed by atoms with Crippen LogP contribution in [0.4, 0.5) is 5.69 Å². The summed E-state index contributed by atoms with van der Waals surface area (Å²) in [5.41, 5.74) is 2.95. The lowest BCUT2D eigenvalue weighted by Crippen LogP contribution is -2.19. The Bertz CT molecular complexity index is 634. The number of aromatic nitrogens is 1. The zero-order valence-corrected chi connectivity index (χ0v) is 12.0. The highest BCUT2D eigenvalue weighted by Gasteiger charge is 2.07. The Balaban J connectivity index is 2.01. The Morgan fingerprint density at radius 3 is 2.38 bits per heavy atom. The van der Waals surface area contributed by atoms with E-state index in [-0.39, 0.29) is 11.8 Å². The van der Waals surface area contributed by atoms with Gasteiger partial charge in [-0.15, -0.1) is 0 Å². The molecule has 1 aromatic heterocycles. The van der Waals surface area contributed by atoms with Gasteiger partial charge in [0.2, 0.25) is 5.91 Å². The molecule has 1 aromatic carbocycles. The van der Waals surface area contributed by atoms with E-state index in [9.17, 15) is 9.59 Å². The van der Waals surface area contributed by atoms with Crippen LogP contribution in [-0.2, 0) is 11.2 Å². The van der Waals surface area contributed by atoms with Crippen LogP contribution in [0.2, 0.25) is 0 Å². The summed E-state index contributed by atoms with van der Waals surface area (Å²) in [5, 5.41) is 5.36. The number of pyridine rings is 1. The zero-order chi connectivity index (χ0) is 15.2. The molecule has 5 nitrogen and oxygen atoms in total. The number of likely N-dealkylation sites (N-methyl/N-ethyl adjacent to an activating group) is 1. The van der Waals surface area contributed by atoms with Gasteiger partial charge in [0.15, 0.2) is 0 Å². The van der Waals surface area contributed by atoms with Crippen LogP contribution in [0.5, 0.6) is 0 Å². The predicted octanol–water partition coefficient (Wildman–Crippen LogP) is 1.93. The maximum atomic E-state index is 12.0. The number of hydrogen-bond acceptors (Lipinski definition) is 3. The van der Waals surface area contributed by atoms with Gasteiger partial charge in [-0.1, -0.05) is 12.1 Å². The lowest BCUT2D eigenvalue weighted by Gasteiger charge is -2.06. The van der Waals surface area contributed by atoms with E-state index in [2.05, 4.69) is 15.6 Å². The number of amides is 2. The number of aryl methyl sites for hydroxylation is 1. The largest absolute Gasteiger partial charge is 0.359 e. The smallest absolute Gasteiger partial charge is 0.257 e. The maximum absolute atomic E-state index is 12.0. The van der Waals surface area contributed by atoms with E-state index in [4.69, 9.17) is 0 Å². The Labute approximate surface area is 123 Å². The van der Waals surface area contributed by atoms with Crippen molar-refractivity contribution in [1.29, 1.82) is 0 Å². The third kappa shape index (κ3) is 4.14. The molecular formula is C16H17N3O2. The van der Waals surface area contributed by atoms with Gasteiger partial charge in [0, 0.05) is 24.6 Å². The molecule has 0 aliphatic rings. The van der Waals surface area contributed by atoms with Gasteiger partial charge in [-0.05, 0) is 36.8 Å². The molecule has 5 heteroatoms. The normalized spacial score (nSPS) is 10.0. The molecule has 1 heterocycles. The van der Waals surface area contributed by atoms with E-state index in [0.29, 0.717) is 17.7 Å². The minimum Gasteiger partial charge on any atom is -0.359 e. The third-order valence-electron chi connectivity index (χ3n) is 3.03. The van der Waals surface area contributed by atoms with Crippen molar-refractivity contribution in [2.45, 2.75) is 13.3 Å². The first kappa shape index (κ1) is 14.7. The van der Waals surface area contributed by atoms with Crippen molar-refractivity contribution in [3.63, 3.8) is 0 Å². The monoisotopic (exact) mass is 283 g/mol. The Kier molecular flexibility index (Phi) is 4.66. The van der Waals surface area contributed by atoms with Gasteiger partial charge < -0.3 is 10.6 Å². The number of carbonyl (C=O) groups is 2. The van der Waals surface area contributed by atoms with E-state index in [1.54, 1.807) is 37.5 Å². The van der Waals surface area contributed by atoms with E-state index >= 15 is 0 Å². The van der Waals surface area contributed by atoms with Crippen molar-refractivity contribution in [2.24, 2.45) is 0 Å². The minimum absolute atomic E-state index is 0.0440. The summed E-state index contributed by atoms with van der Waals surface area (Å²) in [5.74, 6) is -0.251. The van der Waals surface area contributed by atoms with Crippen LogP contribution in [0.15, 0.2) is 42.6 Å². The molecule has 0 saturated carbocycles. The number of nitrogens with one attached hydrogen (secondary N) is 2. The number of anilines is 1. The van der Waals surface area contributed by atoms with Crippen molar-refractivity contribution in [1.82, 2.24) is 10.3 Å². The van der Waals surface area contributed by atoms with Gasteiger partial charge in [0.05, 0.1) is 12.0 Å². The van der Waals surface area contributed by atoms with Crippen LogP contribution in [0.3, 0.4) is 0 Å². The quantitative estimate of drug-likeness (QED) is 0.900. The van der Waals surface area contributed by atoms with Gasteiger partial charge in [-0.25, -0.2) is 0 Å². The minimum atomic E-state index is -0.207. The molecule has 0 saturated heterocycles. The van der Waals surface area contributed by atoms with E-state index in [1.807, 2.05) is 19.1 Å². The topological polar surface area (TPSA) is 71.1 Å². The Morgan fingerprint density at radius 2 is 1.81 bits per heavy atom. The first-order valence-corrected chi connectivity index (χ1v) is 6.62. The molecule has 0 aliphatic carbocycles. The van der Waals surface area contributed by atoms with Crippen molar-refractivity contribution < 1.29 is 9.59 Å². The molecule has 2 amide bonds. The van der Waals surface area contributed by atoms with Crippen LogP contribution < -0.4 is 10.6 Å². The average molecular weight is 283 g/mol. The third-order valence-corrected chi connectivity index (χ3v) is 3.03. The molecule has 0 atom stereocenters. The van der Waals surface area contributed by atoms with Gasteiger partial charge in [-0.2, -0.15) is 0 Å². The van der Waals surface area contributed by atoms with Gasteiger partial charge in [-0.3, -0.25) is 14.6 Å². The van der Waals surface area contributed by atoms with E-state index in [1.165, 1.54) is 0 Å². The highest BCUT2D eigenvalue weighted by Crippen LogP contribution is 2.12. The number of rotatable bonds is 4. The fourth-order valence-electron chi connectivity index (χ4n) is 1.79. The second kappa shape index (κ2) is 6.65. The summed E-state index contributed by atoms with van der Waals surface area (Å²) in [6.07, 6.45) is 1.87. The lowest BCUT2D eigenvalue weighted by molar-refractivity contribution is -0.119. The molecule has 2 aromatic rings. The Morgan fingerprint density at radius 1 is 1.10 bits per heavy atom. The highest BCUT2D eigenvalue weighted by molar-refractivity contribution is 6.04. The molecule has 0 bridgehead atoms. The first-order valence-electron chi connectivity index (χ1n) is 6.62. The molecule has 108 valence electrons. The van der Waals surface area contributed by atoms with Crippen molar-refractivity contribution in [3.8, 4) is 0 Å². The molecule has 0 fully saturated rings. The van der Waals surface area contributed by atoms with Gasteiger partial charge in [0.1, 0.15) is 0 Å². The van der Waals surface area contributed by atoms with Crippen LogP contribution >= 0.6 is 0 Å². The second-order valence-corrected chi connectivity index (χ2v) is 4.69. The fourth-order valence-corrected chi connectivity index (χ4v) is 1.79. The summed E-state index contributed by atoms with van der Waals surface area (Å²) in [6, 6.07) is 10.7. The maximum Gasteiger partial charge on any atom is 0.257 e. The SMILES string of the molecule is CNC(=O)Cc1ccc(NC(=O)c2ccc(C)nc2)cc1. The number of nitrogens with zero attached hydrogens (tertiary/aromatic N) is 1. The van der Waals surface area contributed by atoms with Crippen LogP contribution in [-0.4, -0.2) is 23.8 Å². The lowest BCUT2D eigenvalue weighted by atomic mass is 10.1. The summed E-state index contributed by atoms with van der Waals surface area (Å²) in [7, 11) is 1.60. The fraction of sp³-hybridized carbons (Fsp3) is 0.188. The summed E-state index contributed by atoms with van der Waals surface area (Å²) >= 11 is 0. The van der Waals surface area contributed by atoms with Gasteiger partial charge in [0.25, 0.3) is 5.91 Å². The van der Waals surface area contributed by atoms with Crippen molar-refractivity contribution >= 4 is 17.5 Å². The van der Waals surface area contributed by atoms with Crippen LogP contribution in [0.25, 0.3) is 0 Å². The summed E-state index contributed by atoms with van der Waals surface area (Å²) in [6.45, 7) is 1.87. The highest BCUT2D eigenvalue weighted by atomic mass is 16.2. The van der Waals surface area contributed by atoms with Crippen molar-refractivity contribution in [3.05, 3.63) is 59.4 Å². The molecule has 0 radical (unpaired) electrons. The number of carbonyl (C=O) groups excluding carboxylic acids is 2. The summed E-state index contributed by atoms with van der Waals surface area (Å²) < 4.78 is 0. The standard InChI is InChI=1S/C16H17N3O2/c1-11-3-6-13(10-18-11)16(21)19-14-7-4-12(5-8-14)9-15(20)17-2/h3-8,10H,9H2,1-2H3,(H,17,20)(H,19,21). The van der Waals surface area contributed by atoms with Crippen molar-refractivity contribution in [2.75, 3.05) is 12.4 Å². The van der Waals surface area contributed by atoms with Gasteiger partial charge >= 0.3 is 0 Å². The first-order chi connectivity index (χ1) is 10.1. The molecule has 2 rings (SSSR count). The van der Waals surface area contributed by atoms with E-state index < -0.39 is 0 Å².